The van der Waals surface area contributed by atoms with Gasteiger partial charge >= 0.3 is 0 Å². The summed E-state index contributed by atoms with van der Waals surface area (Å²) in [5, 5.41) is 12.8. The lowest BCUT2D eigenvalue weighted by atomic mass is 9.93. The number of ether oxygens (including phenoxy) is 1. The summed E-state index contributed by atoms with van der Waals surface area (Å²) in [4.78, 5) is 0. The number of hydrogen-bond acceptors (Lipinski definition) is 3. The van der Waals surface area contributed by atoms with E-state index in [2.05, 4.69) is 18.3 Å². The lowest BCUT2D eigenvalue weighted by Gasteiger charge is -2.29. The van der Waals surface area contributed by atoms with Gasteiger partial charge < -0.3 is 10.1 Å². The number of halogens is 1. The highest BCUT2D eigenvalue weighted by atomic mass is 35.5. The Morgan fingerprint density at radius 2 is 2.17 bits per heavy atom. The zero-order chi connectivity index (χ0) is 13.0. The maximum absolute atomic E-state index is 8.80. The van der Waals surface area contributed by atoms with Crippen molar-refractivity contribution in [2.45, 2.75) is 25.8 Å². The van der Waals surface area contributed by atoms with Crippen LogP contribution in [-0.2, 0) is 4.74 Å². The predicted octanol–water partition coefficient (Wildman–Crippen LogP) is 3.44. The van der Waals surface area contributed by atoms with Crippen LogP contribution in [0.1, 0.15) is 25.3 Å². The summed E-state index contributed by atoms with van der Waals surface area (Å²) in [6.45, 7) is 3.86. The Morgan fingerprint density at radius 1 is 1.44 bits per heavy atom. The van der Waals surface area contributed by atoms with Crippen molar-refractivity contribution in [1.29, 1.82) is 5.26 Å². The summed E-state index contributed by atoms with van der Waals surface area (Å²) in [7, 11) is 0. The highest BCUT2D eigenvalue weighted by molar-refractivity contribution is 6.33. The topological polar surface area (TPSA) is 45.0 Å². The molecule has 1 atom stereocenters. The number of rotatable bonds is 3. The summed E-state index contributed by atoms with van der Waals surface area (Å²) in [6, 6.07) is 7.79. The monoisotopic (exact) mass is 264 g/mol. The Labute approximate surface area is 113 Å². The van der Waals surface area contributed by atoms with E-state index in [0.717, 1.165) is 31.7 Å². The molecular formula is C14H17ClN2O. The standard InChI is InChI=1S/C14H17ClN2O/c1-10(12-4-6-18-7-5-12)17-14-3-2-11(9-16)8-13(14)15/h2-3,8,10,12,17H,4-7H2,1H3. The number of hydrogen-bond donors (Lipinski definition) is 1. The summed E-state index contributed by atoms with van der Waals surface area (Å²) >= 11 is 6.15. The first kappa shape index (κ1) is 13.2. The average Bonchev–Trinajstić information content (AvgIpc) is 2.42. The molecule has 1 saturated heterocycles. The fourth-order valence-electron chi connectivity index (χ4n) is 2.28. The number of anilines is 1. The van der Waals surface area contributed by atoms with Gasteiger partial charge in [0.25, 0.3) is 0 Å². The van der Waals surface area contributed by atoms with Crippen molar-refractivity contribution in [2.24, 2.45) is 5.92 Å². The van der Waals surface area contributed by atoms with Gasteiger partial charge in [0.15, 0.2) is 0 Å². The Hall–Kier alpha value is -1.24. The third-order valence-corrected chi connectivity index (χ3v) is 3.77. The third kappa shape index (κ3) is 3.16. The average molecular weight is 265 g/mol. The minimum atomic E-state index is 0.360. The van der Waals surface area contributed by atoms with Gasteiger partial charge in [-0.2, -0.15) is 5.26 Å². The van der Waals surface area contributed by atoms with E-state index in [4.69, 9.17) is 21.6 Å². The van der Waals surface area contributed by atoms with Gasteiger partial charge in [-0.3, -0.25) is 0 Å². The molecule has 1 unspecified atom stereocenters. The summed E-state index contributed by atoms with van der Waals surface area (Å²) in [6.07, 6.45) is 2.17. The van der Waals surface area contributed by atoms with Gasteiger partial charge in [-0.05, 0) is 43.9 Å². The van der Waals surface area contributed by atoms with Gasteiger partial charge in [0.2, 0.25) is 0 Å². The van der Waals surface area contributed by atoms with Crippen LogP contribution >= 0.6 is 11.6 Å². The van der Waals surface area contributed by atoms with Crippen molar-refractivity contribution in [1.82, 2.24) is 0 Å². The first-order valence-electron chi connectivity index (χ1n) is 6.24. The lowest BCUT2D eigenvalue weighted by molar-refractivity contribution is 0.0622. The molecule has 1 aromatic carbocycles. The predicted molar refractivity (Wildman–Crippen MR) is 72.8 cm³/mol. The van der Waals surface area contributed by atoms with E-state index in [1.54, 1.807) is 12.1 Å². The van der Waals surface area contributed by atoms with E-state index in [-0.39, 0.29) is 0 Å². The fourth-order valence-corrected chi connectivity index (χ4v) is 2.52. The SMILES string of the molecule is CC(Nc1ccc(C#N)cc1Cl)C1CCOCC1. The molecule has 4 heteroatoms. The Balaban J connectivity index is 2.02. The molecule has 0 bridgehead atoms. The van der Waals surface area contributed by atoms with E-state index in [0.29, 0.717) is 22.5 Å². The Morgan fingerprint density at radius 3 is 2.78 bits per heavy atom. The van der Waals surface area contributed by atoms with Crippen LogP contribution in [0, 0.1) is 17.2 Å². The maximum atomic E-state index is 8.80. The van der Waals surface area contributed by atoms with Crippen molar-refractivity contribution >= 4 is 17.3 Å². The zero-order valence-corrected chi connectivity index (χ0v) is 11.2. The minimum absolute atomic E-state index is 0.360. The third-order valence-electron chi connectivity index (χ3n) is 3.45. The van der Waals surface area contributed by atoms with E-state index >= 15 is 0 Å². The van der Waals surface area contributed by atoms with Gasteiger partial charge in [-0.1, -0.05) is 11.6 Å². The first-order chi connectivity index (χ1) is 8.70. The second-order valence-electron chi connectivity index (χ2n) is 4.69. The maximum Gasteiger partial charge on any atom is 0.0992 e. The smallest absolute Gasteiger partial charge is 0.0992 e. The molecule has 0 amide bonds. The van der Waals surface area contributed by atoms with Crippen LogP contribution in [0.3, 0.4) is 0 Å². The summed E-state index contributed by atoms with van der Waals surface area (Å²) in [5.74, 6) is 0.616. The van der Waals surface area contributed by atoms with Crippen LogP contribution in [0.2, 0.25) is 5.02 Å². The van der Waals surface area contributed by atoms with Crippen LogP contribution < -0.4 is 5.32 Å². The van der Waals surface area contributed by atoms with Crippen molar-refractivity contribution in [3.8, 4) is 6.07 Å². The van der Waals surface area contributed by atoms with Crippen LogP contribution in [0.4, 0.5) is 5.69 Å². The van der Waals surface area contributed by atoms with Gasteiger partial charge in [0.1, 0.15) is 0 Å². The quantitative estimate of drug-likeness (QED) is 0.910. The number of benzene rings is 1. The molecule has 0 spiro atoms. The molecule has 1 N–H and O–H groups in total. The van der Waals surface area contributed by atoms with Crippen LogP contribution in [-0.4, -0.2) is 19.3 Å². The largest absolute Gasteiger partial charge is 0.381 e. The first-order valence-corrected chi connectivity index (χ1v) is 6.62. The fraction of sp³-hybridized carbons (Fsp3) is 0.500. The van der Waals surface area contributed by atoms with Crippen LogP contribution in [0.5, 0.6) is 0 Å². The van der Waals surface area contributed by atoms with Crippen molar-refractivity contribution < 1.29 is 4.74 Å². The van der Waals surface area contributed by atoms with Crippen molar-refractivity contribution in [3.05, 3.63) is 28.8 Å². The molecule has 1 fully saturated rings. The van der Waals surface area contributed by atoms with Gasteiger partial charge in [-0.15, -0.1) is 0 Å². The molecule has 1 aliphatic heterocycles. The molecular weight excluding hydrogens is 248 g/mol. The van der Waals surface area contributed by atoms with Crippen molar-refractivity contribution in [3.63, 3.8) is 0 Å². The molecule has 1 aromatic rings. The van der Waals surface area contributed by atoms with Crippen LogP contribution in [0.15, 0.2) is 18.2 Å². The molecule has 1 heterocycles. The summed E-state index contributed by atoms with van der Waals surface area (Å²) < 4.78 is 5.36. The molecule has 0 radical (unpaired) electrons. The second kappa shape index (κ2) is 6.08. The van der Waals surface area contributed by atoms with E-state index in [9.17, 15) is 0 Å². The van der Waals surface area contributed by atoms with Crippen molar-refractivity contribution in [2.75, 3.05) is 18.5 Å². The number of nitrogens with one attached hydrogen (secondary N) is 1. The minimum Gasteiger partial charge on any atom is -0.381 e. The van der Waals surface area contributed by atoms with E-state index in [1.165, 1.54) is 0 Å². The van der Waals surface area contributed by atoms with Crippen LogP contribution in [0.25, 0.3) is 0 Å². The van der Waals surface area contributed by atoms with E-state index in [1.807, 2.05) is 6.07 Å². The van der Waals surface area contributed by atoms with Gasteiger partial charge in [-0.25, -0.2) is 0 Å². The molecule has 96 valence electrons. The summed E-state index contributed by atoms with van der Waals surface area (Å²) in [5.41, 5.74) is 1.49. The highest BCUT2D eigenvalue weighted by Crippen LogP contribution is 2.27. The second-order valence-corrected chi connectivity index (χ2v) is 5.10. The zero-order valence-electron chi connectivity index (χ0n) is 10.4. The molecule has 0 saturated carbocycles. The normalized spacial score (nSPS) is 18.1. The molecule has 18 heavy (non-hydrogen) atoms. The molecule has 0 aromatic heterocycles. The molecule has 1 aliphatic rings. The Kier molecular flexibility index (Phi) is 4.46. The van der Waals surface area contributed by atoms with Gasteiger partial charge in [0, 0.05) is 19.3 Å². The molecule has 3 nitrogen and oxygen atoms in total. The number of nitrogens with zero attached hydrogens (tertiary/aromatic N) is 1. The number of nitriles is 1. The van der Waals surface area contributed by atoms with Gasteiger partial charge in [0.05, 0.1) is 22.3 Å². The lowest BCUT2D eigenvalue weighted by Crippen LogP contribution is -2.31. The molecule has 2 rings (SSSR count). The Bertz CT molecular complexity index is 450. The highest BCUT2D eigenvalue weighted by Gasteiger charge is 2.20. The molecule has 0 aliphatic carbocycles. The van der Waals surface area contributed by atoms with E-state index < -0.39 is 0 Å².